The molecule has 0 aliphatic carbocycles. The Labute approximate surface area is 212 Å². The summed E-state index contributed by atoms with van der Waals surface area (Å²) >= 11 is 0. The highest BCUT2D eigenvalue weighted by atomic mass is 32.2. The Morgan fingerprint density at radius 2 is 1.44 bits per heavy atom. The van der Waals surface area contributed by atoms with Gasteiger partial charge in [-0.3, -0.25) is 14.1 Å². The Bertz CT molecular complexity index is 1450. The van der Waals surface area contributed by atoms with Crippen molar-refractivity contribution in [2.75, 3.05) is 15.9 Å². The van der Waals surface area contributed by atoms with Crippen LogP contribution in [0.15, 0.2) is 91.3 Å². The Hall–Kier alpha value is -3.97. The van der Waals surface area contributed by atoms with Crippen molar-refractivity contribution in [3.63, 3.8) is 0 Å². The normalized spacial score (nSPS) is 11.2. The summed E-state index contributed by atoms with van der Waals surface area (Å²) in [6.45, 7) is 4.06. The van der Waals surface area contributed by atoms with Crippen molar-refractivity contribution < 1.29 is 13.2 Å². The number of aromatic nitrogens is 1. The molecule has 36 heavy (non-hydrogen) atoms. The van der Waals surface area contributed by atoms with Gasteiger partial charge in [-0.25, -0.2) is 8.42 Å². The van der Waals surface area contributed by atoms with Crippen LogP contribution < -0.4 is 9.62 Å². The zero-order valence-corrected chi connectivity index (χ0v) is 21.4. The molecule has 4 rings (SSSR count). The van der Waals surface area contributed by atoms with E-state index in [4.69, 9.17) is 0 Å². The first-order valence-electron chi connectivity index (χ1n) is 11.6. The van der Waals surface area contributed by atoms with E-state index in [1.54, 1.807) is 36.7 Å². The van der Waals surface area contributed by atoms with Gasteiger partial charge in [-0.15, -0.1) is 0 Å². The number of hydrogen-bond donors (Lipinski definition) is 1. The Morgan fingerprint density at radius 3 is 2.08 bits per heavy atom. The van der Waals surface area contributed by atoms with E-state index < -0.39 is 10.0 Å². The minimum atomic E-state index is -3.50. The van der Waals surface area contributed by atoms with Gasteiger partial charge in [-0.05, 0) is 90.6 Å². The predicted octanol–water partition coefficient (Wildman–Crippen LogP) is 5.51. The zero-order valence-electron chi connectivity index (χ0n) is 20.6. The molecule has 0 aliphatic heterocycles. The molecular formula is C29H29N3O3S. The lowest BCUT2D eigenvalue weighted by Crippen LogP contribution is -2.30. The molecule has 0 bridgehead atoms. The number of carbonyl (C=O) groups is 1. The van der Waals surface area contributed by atoms with Gasteiger partial charge in [0, 0.05) is 23.6 Å². The molecule has 0 atom stereocenters. The maximum Gasteiger partial charge on any atom is 0.255 e. The van der Waals surface area contributed by atoms with Gasteiger partial charge in [0.2, 0.25) is 10.0 Å². The van der Waals surface area contributed by atoms with Crippen molar-refractivity contribution in [1.29, 1.82) is 0 Å². The summed E-state index contributed by atoms with van der Waals surface area (Å²) in [5.74, 6) is -0.224. The van der Waals surface area contributed by atoms with E-state index in [-0.39, 0.29) is 12.5 Å². The summed E-state index contributed by atoms with van der Waals surface area (Å²) < 4.78 is 26.5. The maximum absolute atomic E-state index is 12.8. The maximum atomic E-state index is 12.8. The highest BCUT2D eigenvalue weighted by Crippen LogP contribution is 2.27. The molecule has 1 amide bonds. The Balaban J connectivity index is 1.43. The van der Waals surface area contributed by atoms with Gasteiger partial charge in [0.25, 0.3) is 5.91 Å². The van der Waals surface area contributed by atoms with Crippen LogP contribution in [0.25, 0.3) is 0 Å². The van der Waals surface area contributed by atoms with Crippen LogP contribution in [-0.4, -0.2) is 25.6 Å². The lowest BCUT2D eigenvalue weighted by molar-refractivity contribution is 0.102. The summed E-state index contributed by atoms with van der Waals surface area (Å²) in [6, 6.07) is 24.4. The van der Waals surface area contributed by atoms with Crippen LogP contribution in [0.1, 0.15) is 38.2 Å². The van der Waals surface area contributed by atoms with E-state index in [0.29, 0.717) is 16.9 Å². The number of pyridine rings is 1. The van der Waals surface area contributed by atoms with Crippen LogP contribution in [-0.2, 0) is 23.0 Å². The second-order valence-electron chi connectivity index (χ2n) is 8.87. The van der Waals surface area contributed by atoms with E-state index >= 15 is 0 Å². The second kappa shape index (κ2) is 10.7. The van der Waals surface area contributed by atoms with Crippen LogP contribution in [0.2, 0.25) is 0 Å². The third kappa shape index (κ3) is 6.17. The van der Waals surface area contributed by atoms with Crippen LogP contribution in [0.5, 0.6) is 0 Å². The summed E-state index contributed by atoms with van der Waals surface area (Å²) in [5, 5.41) is 2.92. The monoisotopic (exact) mass is 499 g/mol. The molecule has 1 aromatic heterocycles. The number of rotatable bonds is 8. The fourth-order valence-corrected chi connectivity index (χ4v) is 4.90. The molecule has 0 spiro atoms. The van der Waals surface area contributed by atoms with E-state index in [1.807, 2.05) is 68.4 Å². The first-order chi connectivity index (χ1) is 17.2. The van der Waals surface area contributed by atoms with E-state index in [9.17, 15) is 13.2 Å². The number of aryl methyl sites for hydroxylation is 1. The molecule has 0 saturated heterocycles. The summed E-state index contributed by atoms with van der Waals surface area (Å²) in [7, 11) is -3.50. The number of benzene rings is 3. The highest BCUT2D eigenvalue weighted by Gasteiger charge is 2.20. The third-order valence-corrected chi connectivity index (χ3v) is 7.28. The smallest absolute Gasteiger partial charge is 0.255 e. The predicted molar refractivity (Wildman–Crippen MR) is 145 cm³/mol. The lowest BCUT2D eigenvalue weighted by atomic mass is 10.1. The number of sulfonamides is 1. The van der Waals surface area contributed by atoms with Crippen LogP contribution in [0, 0.1) is 13.8 Å². The number of anilines is 2. The van der Waals surface area contributed by atoms with Crippen molar-refractivity contribution in [3.05, 3.63) is 125 Å². The third-order valence-electron chi connectivity index (χ3n) is 6.16. The molecule has 7 heteroatoms. The van der Waals surface area contributed by atoms with E-state index in [0.717, 1.165) is 28.7 Å². The molecule has 0 unspecified atom stereocenters. The van der Waals surface area contributed by atoms with Gasteiger partial charge < -0.3 is 5.32 Å². The largest absolute Gasteiger partial charge is 0.322 e. The standard InChI is InChI=1S/C29H29N3O3S/c1-21-5-4-6-28(22(21)2)32(36(3,34)35)20-25-7-11-26(12-8-25)29(33)31-27-13-9-23(10-14-27)19-24-15-17-30-18-16-24/h4-18H,19-20H2,1-3H3,(H,31,33). The molecule has 6 nitrogen and oxygen atoms in total. The topological polar surface area (TPSA) is 79.4 Å². The number of hydrogen-bond acceptors (Lipinski definition) is 4. The first kappa shape index (κ1) is 25.1. The Morgan fingerprint density at radius 1 is 0.833 bits per heavy atom. The fourth-order valence-electron chi connectivity index (χ4n) is 3.96. The number of amides is 1. The van der Waals surface area contributed by atoms with Crippen LogP contribution >= 0.6 is 0 Å². The van der Waals surface area contributed by atoms with Gasteiger partial charge in [0.15, 0.2) is 0 Å². The molecule has 0 fully saturated rings. The van der Waals surface area contributed by atoms with Gasteiger partial charge in [-0.1, -0.05) is 36.4 Å². The van der Waals surface area contributed by atoms with Gasteiger partial charge in [0.05, 0.1) is 18.5 Å². The highest BCUT2D eigenvalue weighted by molar-refractivity contribution is 7.92. The minimum absolute atomic E-state index is 0.184. The summed E-state index contributed by atoms with van der Waals surface area (Å²) in [5.41, 5.74) is 6.92. The molecule has 3 aromatic carbocycles. The molecule has 1 heterocycles. The fraction of sp³-hybridized carbons (Fsp3) is 0.172. The van der Waals surface area contributed by atoms with Gasteiger partial charge in [0.1, 0.15) is 0 Å². The van der Waals surface area contributed by atoms with Crippen molar-refractivity contribution in [2.24, 2.45) is 0 Å². The SMILES string of the molecule is Cc1cccc(N(Cc2ccc(C(=O)Nc3ccc(Cc4ccncc4)cc3)cc2)S(C)(=O)=O)c1C. The minimum Gasteiger partial charge on any atom is -0.322 e. The number of nitrogens with one attached hydrogen (secondary N) is 1. The van der Waals surface area contributed by atoms with Gasteiger partial charge in [-0.2, -0.15) is 0 Å². The zero-order chi connectivity index (χ0) is 25.7. The second-order valence-corrected chi connectivity index (χ2v) is 10.8. The van der Waals surface area contributed by atoms with Crippen molar-refractivity contribution in [2.45, 2.75) is 26.8 Å². The van der Waals surface area contributed by atoms with Crippen molar-refractivity contribution in [3.8, 4) is 0 Å². The molecule has 4 aromatic rings. The van der Waals surface area contributed by atoms with Crippen molar-refractivity contribution >= 4 is 27.3 Å². The molecule has 0 radical (unpaired) electrons. The average molecular weight is 500 g/mol. The van der Waals surface area contributed by atoms with Gasteiger partial charge >= 0.3 is 0 Å². The molecule has 184 valence electrons. The lowest BCUT2D eigenvalue weighted by Gasteiger charge is -2.25. The first-order valence-corrected chi connectivity index (χ1v) is 13.5. The molecule has 1 N–H and O–H groups in total. The number of nitrogens with zero attached hydrogens (tertiary/aromatic N) is 2. The van der Waals surface area contributed by atoms with Crippen molar-refractivity contribution in [1.82, 2.24) is 4.98 Å². The Kier molecular flexibility index (Phi) is 7.50. The molecular weight excluding hydrogens is 470 g/mol. The summed E-state index contributed by atoms with van der Waals surface area (Å²) in [6.07, 6.45) is 5.55. The van der Waals surface area contributed by atoms with E-state index in [2.05, 4.69) is 10.3 Å². The number of carbonyl (C=O) groups excluding carboxylic acids is 1. The van der Waals surface area contributed by atoms with Crippen LogP contribution in [0.4, 0.5) is 11.4 Å². The summed E-state index contributed by atoms with van der Waals surface area (Å²) in [4.78, 5) is 16.8. The molecule has 0 aliphatic rings. The molecule has 0 saturated carbocycles. The average Bonchev–Trinajstić information content (AvgIpc) is 2.86. The van der Waals surface area contributed by atoms with E-state index in [1.165, 1.54) is 16.1 Å². The van der Waals surface area contributed by atoms with Crippen LogP contribution in [0.3, 0.4) is 0 Å². The quantitative estimate of drug-likeness (QED) is 0.347.